The molecule has 0 spiro atoms. The minimum atomic E-state index is -1.03. The first kappa shape index (κ1) is 22.5. The lowest BCUT2D eigenvalue weighted by Gasteiger charge is -2.22. The molecule has 3 N–H and O–H groups in total. The van der Waals surface area contributed by atoms with Gasteiger partial charge in [0.15, 0.2) is 0 Å². The van der Waals surface area contributed by atoms with Crippen molar-refractivity contribution in [2.75, 3.05) is 5.32 Å². The molecule has 1 fully saturated rings. The van der Waals surface area contributed by atoms with Gasteiger partial charge in [-0.3, -0.25) is 29.4 Å². The van der Waals surface area contributed by atoms with E-state index in [1.54, 1.807) is 24.3 Å². The number of carbonyl (C=O) groups is 5. The molecule has 0 aromatic heterocycles. The van der Waals surface area contributed by atoms with E-state index in [2.05, 4.69) is 16.0 Å². The Labute approximate surface area is 194 Å². The van der Waals surface area contributed by atoms with Gasteiger partial charge in [0.25, 0.3) is 11.8 Å². The molecular formula is C23H21ClN4O5. The van der Waals surface area contributed by atoms with Crippen LogP contribution in [0.2, 0.25) is 5.02 Å². The summed E-state index contributed by atoms with van der Waals surface area (Å²) in [5, 5.41) is 8.12. The molecule has 2 aromatic carbocycles. The van der Waals surface area contributed by atoms with Crippen LogP contribution in [0.1, 0.15) is 51.1 Å². The quantitative estimate of drug-likeness (QED) is 0.595. The summed E-state index contributed by atoms with van der Waals surface area (Å²) in [4.78, 5) is 62.9. The zero-order valence-electron chi connectivity index (χ0n) is 17.7. The molecule has 1 atom stereocenters. The van der Waals surface area contributed by atoms with E-state index >= 15 is 0 Å². The van der Waals surface area contributed by atoms with Gasteiger partial charge < -0.3 is 10.6 Å². The Morgan fingerprint density at radius 2 is 1.85 bits per heavy atom. The summed E-state index contributed by atoms with van der Waals surface area (Å²) in [5.41, 5.74) is 2.38. The highest BCUT2D eigenvalue weighted by atomic mass is 35.5. The predicted octanol–water partition coefficient (Wildman–Crippen LogP) is 2.76. The van der Waals surface area contributed by atoms with Crippen molar-refractivity contribution in [1.29, 1.82) is 0 Å². The molecule has 0 aliphatic carbocycles. The van der Waals surface area contributed by atoms with Gasteiger partial charge in [-0.25, -0.2) is 4.79 Å². The number of halogens is 1. The molecule has 170 valence electrons. The molecule has 2 aliphatic heterocycles. The predicted molar refractivity (Wildman–Crippen MR) is 120 cm³/mol. The highest BCUT2D eigenvalue weighted by Crippen LogP contribution is 2.28. The molecule has 10 heteroatoms. The van der Waals surface area contributed by atoms with Gasteiger partial charge in [-0.1, -0.05) is 23.7 Å². The van der Waals surface area contributed by atoms with Crippen LogP contribution in [0.25, 0.3) is 0 Å². The number of rotatable bonds is 4. The zero-order chi connectivity index (χ0) is 23.7. The van der Waals surface area contributed by atoms with E-state index < -0.39 is 35.7 Å². The van der Waals surface area contributed by atoms with E-state index in [0.717, 1.165) is 10.5 Å². The van der Waals surface area contributed by atoms with Crippen molar-refractivity contribution in [1.82, 2.24) is 15.5 Å². The molecule has 1 saturated heterocycles. The smallest absolute Gasteiger partial charge is 0.319 e. The second-order valence-corrected chi connectivity index (χ2v) is 8.36. The molecule has 2 aliphatic rings. The second kappa shape index (κ2) is 9.03. The first-order valence-electron chi connectivity index (χ1n) is 10.4. The molecule has 33 heavy (non-hydrogen) atoms. The van der Waals surface area contributed by atoms with Crippen LogP contribution in [0.4, 0.5) is 10.5 Å². The summed E-state index contributed by atoms with van der Waals surface area (Å²) < 4.78 is 0. The Kier molecular flexibility index (Phi) is 6.15. The molecule has 0 radical (unpaired) electrons. The third kappa shape index (κ3) is 4.58. The SMILES string of the molecule is Cc1ccc(NC(=O)NCc2ccc3c(c2)C(=O)N([C@H]2CCCC(=O)NC2=O)C3=O)cc1Cl. The Morgan fingerprint density at radius 3 is 2.61 bits per heavy atom. The van der Waals surface area contributed by atoms with Gasteiger partial charge in [0.1, 0.15) is 6.04 Å². The third-order valence-corrected chi connectivity index (χ3v) is 6.03. The maximum atomic E-state index is 13.0. The van der Waals surface area contributed by atoms with E-state index in [4.69, 9.17) is 11.6 Å². The van der Waals surface area contributed by atoms with E-state index in [0.29, 0.717) is 22.7 Å². The largest absolute Gasteiger partial charge is 0.334 e. The Bertz CT molecular complexity index is 1200. The number of hydrogen-bond acceptors (Lipinski definition) is 5. The van der Waals surface area contributed by atoms with Gasteiger partial charge in [0.05, 0.1) is 11.1 Å². The standard InChI is InChI=1S/C23H21ClN4O5/c1-12-5-7-14(10-17(12)24)26-23(33)25-11-13-6-8-15-16(9-13)22(32)28(21(15)31)18-3-2-4-19(29)27-20(18)30/h5-10,18H,2-4,11H2,1H3,(H2,25,26,33)(H,27,29,30)/t18-/m0/s1. The molecule has 9 nitrogen and oxygen atoms in total. The van der Waals surface area contributed by atoms with Crippen molar-refractivity contribution < 1.29 is 24.0 Å². The highest BCUT2D eigenvalue weighted by Gasteiger charge is 2.43. The molecule has 4 rings (SSSR count). The number of amides is 6. The fourth-order valence-electron chi connectivity index (χ4n) is 3.84. The van der Waals surface area contributed by atoms with Gasteiger partial charge in [-0.2, -0.15) is 0 Å². The number of carbonyl (C=O) groups excluding carboxylic acids is 5. The first-order valence-corrected chi connectivity index (χ1v) is 10.8. The lowest BCUT2D eigenvalue weighted by atomic mass is 10.1. The van der Waals surface area contributed by atoms with Crippen LogP contribution in [0.15, 0.2) is 36.4 Å². The monoisotopic (exact) mass is 468 g/mol. The van der Waals surface area contributed by atoms with Crippen molar-refractivity contribution in [3.63, 3.8) is 0 Å². The first-order chi connectivity index (χ1) is 15.7. The lowest BCUT2D eigenvalue weighted by Crippen LogP contribution is -2.49. The van der Waals surface area contributed by atoms with Crippen LogP contribution >= 0.6 is 11.6 Å². The lowest BCUT2D eigenvalue weighted by molar-refractivity contribution is -0.131. The van der Waals surface area contributed by atoms with Crippen molar-refractivity contribution in [2.45, 2.75) is 38.8 Å². The van der Waals surface area contributed by atoms with Gasteiger partial charge >= 0.3 is 6.03 Å². The van der Waals surface area contributed by atoms with Crippen LogP contribution in [0, 0.1) is 6.92 Å². The minimum Gasteiger partial charge on any atom is -0.334 e. The van der Waals surface area contributed by atoms with Crippen LogP contribution in [-0.4, -0.2) is 40.6 Å². The van der Waals surface area contributed by atoms with Gasteiger partial charge in [-0.15, -0.1) is 0 Å². The molecule has 0 bridgehead atoms. The average molecular weight is 469 g/mol. The number of benzene rings is 2. The number of anilines is 1. The van der Waals surface area contributed by atoms with Crippen molar-refractivity contribution in [3.05, 3.63) is 63.7 Å². The highest BCUT2D eigenvalue weighted by molar-refractivity contribution is 6.31. The van der Waals surface area contributed by atoms with Gasteiger partial charge in [-0.05, 0) is 55.2 Å². The van der Waals surface area contributed by atoms with Crippen LogP contribution in [-0.2, 0) is 16.1 Å². The van der Waals surface area contributed by atoms with Crippen molar-refractivity contribution >= 4 is 46.9 Å². The Hall–Kier alpha value is -3.72. The number of aryl methyl sites for hydroxylation is 1. The molecule has 0 unspecified atom stereocenters. The van der Waals surface area contributed by atoms with Gasteiger partial charge in [0.2, 0.25) is 11.8 Å². The van der Waals surface area contributed by atoms with Crippen molar-refractivity contribution in [2.24, 2.45) is 0 Å². The van der Waals surface area contributed by atoms with E-state index in [1.807, 2.05) is 6.92 Å². The summed E-state index contributed by atoms with van der Waals surface area (Å²) >= 11 is 6.07. The Morgan fingerprint density at radius 1 is 1.09 bits per heavy atom. The topological polar surface area (TPSA) is 125 Å². The minimum absolute atomic E-state index is 0.110. The molecular weight excluding hydrogens is 448 g/mol. The number of fused-ring (bicyclic) bond motifs is 1. The van der Waals surface area contributed by atoms with E-state index in [-0.39, 0.29) is 30.5 Å². The van der Waals surface area contributed by atoms with Crippen molar-refractivity contribution in [3.8, 4) is 0 Å². The Balaban J connectivity index is 1.44. The fourth-order valence-corrected chi connectivity index (χ4v) is 4.03. The number of nitrogens with one attached hydrogen (secondary N) is 3. The summed E-state index contributed by atoms with van der Waals surface area (Å²) in [7, 11) is 0. The van der Waals surface area contributed by atoms with Crippen LogP contribution in [0.5, 0.6) is 0 Å². The number of urea groups is 1. The van der Waals surface area contributed by atoms with Gasteiger partial charge in [0, 0.05) is 23.7 Å². The number of hydrogen-bond donors (Lipinski definition) is 3. The zero-order valence-corrected chi connectivity index (χ0v) is 18.5. The molecule has 2 aromatic rings. The average Bonchev–Trinajstić information content (AvgIpc) is 2.89. The number of nitrogens with zero attached hydrogens (tertiary/aromatic N) is 1. The number of imide groups is 2. The van der Waals surface area contributed by atoms with Crippen LogP contribution in [0.3, 0.4) is 0 Å². The summed E-state index contributed by atoms with van der Waals surface area (Å²) in [6, 6.07) is 8.33. The van der Waals surface area contributed by atoms with E-state index in [1.165, 1.54) is 12.1 Å². The third-order valence-electron chi connectivity index (χ3n) is 5.62. The van der Waals surface area contributed by atoms with Crippen LogP contribution < -0.4 is 16.0 Å². The fraction of sp³-hybridized carbons (Fsp3) is 0.261. The molecule has 6 amide bonds. The summed E-state index contributed by atoms with van der Waals surface area (Å²) in [5.74, 6) is -2.23. The van der Waals surface area contributed by atoms with E-state index in [9.17, 15) is 24.0 Å². The molecule has 0 saturated carbocycles. The normalized spacial score (nSPS) is 18.0. The molecule has 2 heterocycles. The summed E-state index contributed by atoms with van der Waals surface area (Å²) in [6.45, 7) is 1.97. The maximum Gasteiger partial charge on any atom is 0.319 e. The summed E-state index contributed by atoms with van der Waals surface area (Å²) in [6.07, 6.45) is 0.783. The maximum absolute atomic E-state index is 13.0. The second-order valence-electron chi connectivity index (χ2n) is 7.95.